The normalized spacial score (nSPS) is 16.3. The smallest absolute Gasteiger partial charge is 0.248 e. The number of fused-ring (bicyclic) bond motifs is 3. The van der Waals surface area contributed by atoms with Gasteiger partial charge in [0.05, 0.1) is 40.3 Å². The molecular formula is C81H91N19O2. The van der Waals surface area contributed by atoms with Gasteiger partial charge in [0, 0.05) is 185 Å². The number of hydrogen-bond acceptors (Lipinski definition) is 15. The zero-order chi connectivity index (χ0) is 69.5. The van der Waals surface area contributed by atoms with Gasteiger partial charge in [0.2, 0.25) is 11.8 Å². The Morgan fingerprint density at radius 2 is 0.794 bits per heavy atom. The molecular weight excluding hydrogens is 1270 g/mol. The second kappa shape index (κ2) is 30.5. The number of imidazole rings is 3. The number of piperazine rings is 3. The van der Waals surface area contributed by atoms with E-state index in [0.717, 1.165) is 155 Å². The lowest BCUT2D eigenvalue weighted by molar-refractivity contribution is 0.0992. The number of nitrogens with zero attached hydrogens (tertiary/aromatic N) is 13. The van der Waals surface area contributed by atoms with Crippen LogP contribution >= 0.6 is 0 Å². The Morgan fingerprint density at radius 3 is 1.11 bits per heavy atom. The number of nitrogens with two attached hydrogens (primary N) is 2. The maximum Gasteiger partial charge on any atom is 0.248 e. The summed E-state index contributed by atoms with van der Waals surface area (Å²) in [6.45, 7) is 19.3. The van der Waals surface area contributed by atoms with E-state index >= 15 is 0 Å². The van der Waals surface area contributed by atoms with E-state index in [0.29, 0.717) is 11.1 Å². The van der Waals surface area contributed by atoms with Crippen LogP contribution in [0.25, 0.3) is 50.7 Å². The van der Waals surface area contributed by atoms with E-state index in [4.69, 9.17) is 11.5 Å². The molecule has 2 aliphatic carbocycles. The van der Waals surface area contributed by atoms with Crippen molar-refractivity contribution in [2.75, 3.05) is 116 Å². The number of amides is 2. The number of H-pyrrole nitrogens is 1. The molecule has 0 unspecified atom stereocenters. The number of hydrogen-bond donors (Lipinski definition) is 6. The van der Waals surface area contributed by atoms with E-state index in [1.54, 1.807) is 36.7 Å². The third-order valence-electron chi connectivity index (χ3n) is 21.1. The topological polar surface area (TPSA) is 222 Å². The van der Waals surface area contributed by atoms with E-state index in [1.165, 1.54) is 94.7 Å². The van der Waals surface area contributed by atoms with Crippen molar-refractivity contribution < 1.29 is 9.59 Å². The van der Waals surface area contributed by atoms with Gasteiger partial charge in [0.25, 0.3) is 0 Å². The van der Waals surface area contributed by atoms with Crippen LogP contribution in [0.5, 0.6) is 0 Å². The Labute approximate surface area is 595 Å². The van der Waals surface area contributed by atoms with Crippen molar-refractivity contribution in [1.82, 2.24) is 53.1 Å². The average molecular weight is 1360 g/mol. The highest BCUT2D eigenvalue weighted by Gasteiger charge is 2.30. The van der Waals surface area contributed by atoms with Crippen LogP contribution in [0.15, 0.2) is 207 Å². The third kappa shape index (κ3) is 15.0. The van der Waals surface area contributed by atoms with E-state index in [2.05, 4.69) is 195 Å². The molecule has 5 aliphatic rings. The van der Waals surface area contributed by atoms with Gasteiger partial charge < -0.3 is 42.1 Å². The Hall–Kier alpha value is -11.0. The molecule has 3 saturated heterocycles. The van der Waals surface area contributed by atoms with Crippen LogP contribution < -0.4 is 42.1 Å². The van der Waals surface area contributed by atoms with Gasteiger partial charge in [-0.25, -0.2) is 15.0 Å². The van der Waals surface area contributed by atoms with Gasteiger partial charge in [-0.15, -0.1) is 0 Å². The van der Waals surface area contributed by atoms with E-state index in [9.17, 15) is 9.59 Å². The second-order valence-electron chi connectivity index (χ2n) is 27.9. The fourth-order valence-electron chi connectivity index (χ4n) is 14.6. The first-order valence-corrected chi connectivity index (χ1v) is 36.2. The molecule has 2 amide bonds. The van der Waals surface area contributed by atoms with E-state index < -0.39 is 11.8 Å². The summed E-state index contributed by atoms with van der Waals surface area (Å²) in [5.74, 6) is -0.0908. The molecule has 0 radical (unpaired) electrons. The Balaban J connectivity index is 0.000000124. The number of carbonyl (C=O) groups is 2. The first-order chi connectivity index (χ1) is 50.0. The van der Waals surface area contributed by atoms with Gasteiger partial charge in [-0.1, -0.05) is 51.0 Å². The van der Waals surface area contributed by atoms with Crippen LogP contribution in [0.4, 0.5) is 51.2 Å². The maximum absolute atomic E-state index is 11.4. The number of pyridine rings is 3. The minimum absolute atomic E-state index is 0.425. The Kier molecular flexibility index (Phi) is 20.0. The predicted octanol–water partition coefficient (Wildman–Crippen LogP) is 13.7. The molecule has 8 N–H and O–H groups in total. The zero-order valence-electron chi connectivity index (χ0n) is 58.3. The fourth-order valence-corrected chi connectivity index (χ4v) is 14.6. The number of carbonyl (C=O) groups excluding carboxylic acids is 2. The lowest BCUT2D eigenvalue weighted by Gasteiger charge is -2.43. The molecule has 0 spiro atoms. The molecule has 0 atom stereocenters. The molecule has 21 heteroatoms. The summed E-state index contributed by atoms with van der Waals surface area (Å²) < 4.78 is 6.19. The number of anilines is 9. The van der Waals surface area contributed by atoms with Gasteiger partial charge in [0.1, 0.15) is 0 Å². The molecule has 5 aromatic carbocycles. The number of benzene rings is 5. The van der Waals surface area contributed by atoms with E-state index in [1.807, 2.05) is 73.6 Å². The van der Waals surface area contributed by atoms with Crippen molar-refractivity contribution in [3.8, 4) is 33.8 Å². The van der Waals surface area contributed by atoms with Crippen molar-refractivity contribution in [3.63, 3.8) is 0 Å². The minimum atomic E-state index is -0.427. The van der Waals surface area contributed by atoms with Gasteiger partial charge in [0.15, 0.2) is 16.9 Å². The first-order valence-electron chi connectivity index (χ1n) is 36.2. The molecule has 5 fully saturated rings. The van der Waals surface area contributed by atoms with Crippen LogP contribution in [0.3, 0.4) is 0 Å². The molecule has 2 saturated carbocycles. The van der Waals surface area contributed by atoms with Gasteiger partial charge in [-0.2, -0.15) is 5.10 Å². The van der Waals surface area contributed by atoms with Gasteiger partial charge >= 0.3 is 0 Å². The standard InChI is InChI=1S/C29H34N6O.C28H30N6O.C24H27N7/c1-21(2)13-15-33-17-19-34(20-18-33)25-9-7-24(8-10-25)32-26-11-12-27(35-16-14-31-29(26)35)22-3-5-23(6-4-22)28(30)36;29-27(35)21-6-4-20(5-7-21)26-13-12-25(28-30-14-15-34(26)28)31-22-8-10-24(11-9-22)33-18-16-32(17-19-33)23-2-1-3-23;1-2-20(3-1)29-12-14-30(15-13-29)21-6-4-19(5-7-21)28-22-8-9-23(18-16-26-27-17-18)31-11-10-25-24(22)31/h3-12,14,16,21,32H,13,15,17-20H2,1-2H3,(H2,30,36);4-15,23,31H,1-3,16-19H2,(H2,29,35);4-11,16-17,20,28H,1-3,12-15H2,(H,26,27). The Morgan fingerprint density at radius 1 is 0.441 bits per heavy atom. The molecule has 102 heavy (non-hydrogen) atoms. The van der Waals surface area contributed by atoms with Crippen LogP contribution in [0.1, 0.15) is 79.5 Å². The van der Waals surface area contributed by atoms with Crippen molar-refractivity contribution in [2.45, 2.75) is 70.9 Å². The third-order valence-corrected chi connectivity index (χ3v) is 21.1. The van der Waals surface area contributed by atoms with Crippen molar-refractivity contribution in [3.05, 3.63) is 218 Å². The van der Waals surface area contributed by atoms with Crippen molar-refractivity contribution in [2.24, 2.45) is 17.4 Å². The number of aromatic amines is 1. The number of primary amides is 2. The molecule has 10 heterocycles. The summed E-state index contributed by atoms with van der Waals surface area (Å²) >= 11 is 0. The summed E-state index contributed by atoms with van der Waals surface area (Å²) in [6, 6.07) is 54.9. The van der Waals surface area contributed by atoms with Crippen molar-refractivity contribution in [1.29, 1.82) is 0 Å². The van der Waals surface area contributed by atoms with Crippen LogP contribution in [-0.2, 0) is 0 Å². The van der Waals surface area contributed by atoms with Crippen LogP contribution in [-0.4, -0.2) is 162 Å². The molecule has 21 nitrogen and oxygen atoms in total. The number of aromatic nitrogens is 8. The zero-order valence-corrected chi connectivity index (χ0v) is 58.3. The maximum atomic E-state index is 11.4. The fraction of sp³-hybridized carbons (Fsp3) is 0.309. The highest BCUT2D eigenvalue weighted by atomic mass is 16.1. The molecule has 17 rings (SSSR count). The molecule has 0 bridgehead atoms. The highest BCUT2D eigenvalue weighted by molar-refractivity contribution is 5.94. The van der Waals surface area contributed by atoms with E-state index in [-0.39, 0.29) is 0 Å². The predicted molar refractivity (Wildman–Crippen MR) is 411 cm³/mol. The summed E-state index contributed by atoms with van der Waals surface area (Å²) in [5.41, 5.74) is 30.2. The summed E-state index contributed by atoms with van der Waals surface area (Å²) in [6.07, 6.45) is 24.7. The minimum Gasteiger partial charge on any atom is -0.369 e. The summed E-state index contributed by atoms with van der Waals surface area (Å²) in [4.78, 5) is 51.9. The molecule has 522 valence electrons. The summed E-state index contributed by atoms with van der Waals surface area (Å²) in [5, 5.41) is 17.5. The number of nitrogens with one attached hydrogen (secondary N) is 4. The van der Waals surface area contributed by atoms with Crippen LogP contribution in [0, 0.1) is 5.92 Å². The number of rotatable bonds is 19. The largest absolute Gasteiger partial charge is 0.369 e. The van der Waals surface area contributed by atoms with Crippen LogP contribution in [0.2, 0.25) is 0 Å². The highest BCUT2D eigenvalue weighted by Crippen LogP contribution is 2.35. The van der Waals surface area contributed by atoms with Gasteiger partial charge in [-0.05, 0) is 189 Å². The monoisotopic (exact) mass is 1360 g/mol. The SMILES string of the molecule is CC(C)CCN1CCN(c2ccc(Nc3ccc(-c4ccc(C(N)=O)cc4)n4ccnc34)cc2)CC1.NC(=O)c1ccc(-c2ccc(Nc3ccc(N4CCN(C5CCC5)CC4)cc3)c3nccn23)cc1.c1cn2c(-c3cn[nH]c3)ccc(Nc3ccc(N4CCN(C5CCC5)CC4)cc3)c2n1. The molecule has 12 aromatic rings. The van der Waals surface area contributed by atoms with Gasteiger partial charge in [-0.3, -0.25) is 42.6 Å². The molecule has 3 aliphatic heterocycles. The van der Waals surface area contributed by atoms with Crippen molar-refractivity contribution >= 4 is 79.9 Å². The molecule has 7 aromatic heterocycles. The summed E-state index contributed by atoms with van der Waals surface area (Å²) in [7, 11) is 0. The Bertz CT molecular complexity index is 4760. The quantitative estimate of drug-likeness (QED) is 0.0443. The lowest BCUT2D eigenvalue weighted by atomic mass is 9.91. The average Bonchev–Trinajstić information content (AvgIpc) is 1.59. The first kappa shape index (κ1) is 66.9. The lowest BCUT2D eigenvalue weighted by Crippen LogP contribution is -2.52. The second-order valence-corrected chi connectivity index (χ2v) is 27.9.